The molecule has 8 heteroatoms. The molecule has 0 aliphatic carbocycles. The summed E-state index contributed by atoms with van der Waals surface area (Å²) in [6.07, 6.45) is -0.432. The van der Waals surface area contributed by atoms with Crippen molar-refractivity contribution < 1.29 is 14.3 Å². The van der Waals surface area contributed by atoms with Crippen molar-refractivity contribution in [1.82, 2.24) is 15.5 Å². The maximum absolute atomic E-state index is 11.8. The maximum atomic E-state index is 11.8. The minimum Gasteiger partial charge on any atom is -0.453 e. The van der Waals surface area contributed by atoms with E-state index < -0.39 is 6.09 Å². The van der Waals surface area contributed by atoms with Crippen molar-refractivity contribution in [2.45, 2.75) is 26.2 Å². The van der Waals surface area contributed by atoms with Crippen molar-refractivity contribution in [2.24, 2.45) is 0 Å². The topological polar surface area (TPSA) is 93.2 Å². The Morgan fingerprint density at radius 3 is 2.54 bits per heavy atom. The highest BCUT2D eigenvalue weighted by molar-refractivity contribution is 7.18. The van der Waals surface area contributed by atoms with E-state index in [-0.39, 0.29) is 18.9 Å². The Labute approximate surface area is 144 Å². The van der Waals surface area contributed by atoms with Crippen LogP contribution in [0.3, 0.4) is 0 Å². The van der Waals surface area contributed by atoms with Crippen molar-refractivity contribution in [2.75, 3.05) is 19.0 Å². The van der Waals surface area contributed by atoms with Crippen molar-refractivity contribution in [3.8, 4) is 10.6 Å². The SMILES string of the molecule is COC(=O)NCCC(=O)Nc1nnc(-c2ccc(C(C)C)cc2)s1. The van der Waals surface area contributed by atoms with Crippen molar-refractivity contribution in [3.05, 3.63) is 29.8 Å². The van der Waals surface area contributed by atoms with Gasteiger partial charge in [-0.25, -0.2) is 4.79 Å². The second-order valence-electron chi connectivity index (χ2n) is 5.41. The molecule has 2 rings (SSSR count). The average Bonchev–Trinajstić information content (AvgIpc) is 3.03. The summed E-state index contributed by atoms with van der Waals surface area (Å²) in [6, 6.07) is 8.14. The lowest BCUT2D eigenvalue weighted by atomic mass is 10.0. The van der Waals surface area contributed by atoms with Gasteiger partial charge in [-0.3, -0.25) is 4.79 Å². The minimum atomic E-state index is -0.564. The third kappa shape index (κ3) is 5.02. The van der Waals surface area contributed by atoms with Gasteiger partial charge in [0.05, 0.1) is 7.11 Å². The number of methoxy groups -OCH3 is 1. The van der Waals surface area contributed by atoms with Crippen molar-refractivity contribution in [3.63, 3.8) is 0 Å². The molecule has 1 heterocycles. The van der Waals surface area contributed by atoms with Gasteiger partial charge in [-0.1, -0.05) is 49.4 Å². The fourth-order valence-electron chi connectivity index (χ4n) is 1.93. The lowest BCUT2D eigenvalue weighted by molar-refractivity contribution is -0.116. The molecule has 1 aromatic heterocycles. The number of nitrogens with one attached hydrogen (secondary N) is 2. The highest BCUT2D eigenvalue weighted by atomic mass is 32.1. The molecule has 0 fully saturated rings. The molecule has 7 nitrogen and oxygen atoms in total. The molecule has 0 bridgehead atoms. The van der Waals surface area contributed by atoms with Gasteiger partial charge in [0.25, 0.3) is 0 Å². The zero-order valence-corrected chi connectivity index (χ0v) is 14.6. The van der Waals surface area contributed by atoms with Crippen LogP contribution in [0, 0.1) is 0 Å². The summed E-state index contributed by atoms with van der Waals surface area (Å²) in [6.45, 7) is 4.48. The number of nitrogens with zero attached hydrogens (tertiary/aromatic N) is 2. The molecule has 0 unspecified atom stereocenters. The first-order chi connectivity index (χ1) is 11.5. The number of benzene rings is 1. The van der Waals surface area contributed by atoms with Gasteiger partial charge in [-0.2, -0.15) is 0 Å². The Morgan fingerprint density at radius 2 is 1.92 bits per heavy atom. The fourth-order valence-corrected chi connectivity index (χ4v) is 2.70. The van der Waals surface area contributed by atoms with Crippen molar-refractivity contribution in [1.29, 1.82) is 0 Å². The van der Waals surface area contributed by atoms with Crippen LogP contribution >= 0.6 is 11.3 Å². The van der Waals surface area contributed by atoms with Gasteiger partial charge < -0.3 is 15.4 Å². The van der Waals surface area contributed by atoms with Crippen LogP contribution in [0.15, 0.2) is 24.3 Å². The summed E-state index contributed by atoms with van der Waals surface area (Å²) in [5, 5.41) is 14.4. The predicted molar refractivity (Wildman–Crippen MR) is 93.1 cm³/mol. The lowest BCUT2D eigenvalue weighted by Gasteiger charge is -2.05. The Bertz CT molecular complexity index is 698. The zero-order chi connectivity index (χ0) is 17.5. The van der Waals surface area contributed by atoms with Crippen LogP contribution in [-0.2, 0) is 9.53 Å². The second-order valence-corrected chi connectivity index (χ2v) is 6.38. The number of hydrogen-bond acceptors (Lipinski definition) is 6. The Kier molecular flexibility index (Phi) is 6.25. The van der Waals surface area contributed by atoms with E-state index in [0.717, 1.165) is 10.6 Å². The molecule has 0 spiro atoms. The number of alkyl carbamates (subject to hydrolysis) is 1. The Morgan fingerprint density at radius 1 is 1.21 bits per heavy atom. The highest BCUT2D eigenvalue weighted by Gasteiger charge is 2.10. The first kappa shape index (κ1) is 17.9. The van der Waals surface area contributed by atoms with Gasteiger partial charge >= 0.3 is 6.09 Å². The van der Waals surface area contributed by atoms with Gasteiger partial charge in [-0.05, 0) is 11.5 Å². The Hall–Kier alpha value is -2.48. The van der Waals surface area contributed by atoms with Crippen LogP contribution in [0.5, 0.6) is 0 Å². The molecule has 0 radical (unpaired) electrons. The molecule has 2 amide bonds. The molecule has 2 N–H and O–H groups in total. The minimum absolute atomic E-state index is 0.132. The second kappa shape index (κ2) is 8.39. The fraction of sp³-hybridized carbons (Fsp3) is 0.375. The molecule has 2 aromatic rings. The summed E-state index contributed by atoms with van der Waals surface area (Å²) in [5.41, 5.74) is 2.22. The third-order valence-electron chi connectivity index (χ3n) is 3.30. The molecule has 1 aromatic carbocycles. The van der Waals surface area contributed by atoms with Gasteiger partial charge in [-0.15, -0.1) is 10.2 Å². The molecule has 0 saturated carbocycles. The van der Waals surface area contributed by atoms with Crippen LogP contribution in [0.2, 0.25) is 0 Å². The number of rotatable bonds is 6. The van der Waals surface area contributed by atoms with Crippen LogP contribution in [0.25, 0.3) is 10.6 Å². The van der Waals surface area contributed by atoms with Crippen molar-refractivity contribution >= 4 is 28.5 Å². The van der Waals surface area contributed by atoms with E-state index in [9.17, 15) is 9.59 Å². The van der Waals surface area contributed by atoms with Crippen LogP contribution in [-0.4, -0.2) is 35.9 Å². The normalized spacial score (nSPS) is 10.5. The first-order valence-corrected chi connectivity index (χ1v) is 8.36. The van der Waals surface area contributed by atoms with Crippen LogP contribution < -0.4 is 10.6 Å². The molecular formula is C16H20N4O3S. The molecular weight excluding hydrogens is 328 g/mol. The number of anilines is 1. The summed E-state index contributed by atoms with van der Waals surface area (Å²) < 4.78 is 4.42. The molecule has 0 atom stereocenters. The number of carbonyl (C=O) groups is 2. The van der Waals surface area contributed by atoms with Crippen LogP contribution in [0.4, 0.5) is 9.93 Å². The largest absolute Gasteiger partial charge is 0.453 e. The molecule has 24 heavy (non-hydrogen) atoms. The average molecular weight is 348 g/mol. The van der Waals surface area contributed by atoms with E-state index >= 15 is 0 Å². The maximum Gasteiger partial charge on any atom is 0.406 e. The zero-order valence-electron chi connectivity index (χ0n) is 13.8. The molecule has 0 aliphatic heterocycles. The van der Waals surface area contributed by atoms with Gasteiger partial charge in [0.2, 0.25) is 11.0 Å². The van der Waals surface area contributed by atoms with E-state index in [1.165, 1.54) is 24.0 Å². The summed E-state index contributed by atoms with van der Waals surface area (Å²) in [5.74, 6) is 0.228. The van der Waals surface area contributed by atoms with E-state index in [1.807, 2.05) is 12.1 Å². The number of carbonyl (C=O) groups excluding carboxylic acids is 2. The molecule has 128 valence electrons. The van der Waals surface area contributed by atoms with Gasteiger partial charge in [0.1, 0.15) is 5.01 Å². The van der Waals surface area contributed by atoms with Gasteiger partial charge in [0, 0.05) is 18.5 Å². The Balaban J connectivity index is 1.90. The van der Waals surface area contributed by atoms with Gasteiger partial charge in [0.15, 0.2) is 0 Å². The number of aromatic nitrogens is 2. The number of amides is 2. The predicted octanol–water partition coefficient (Wildman–Crippen LogP) is 3.01. The van der Waals surface area contributed by atoms with E-state index in [1.54, 1.807) is 0 Å². The summed E-state index contributed by atoms with van der Waals surface area (Å²) >= 11 is 1.31. The van der Waals surface area contributed by atoms with E-state index in [0.29, 0.717) is 11.0 Å². The summed E-state index contributed by atoms with van der Waals surface area (Å²) in [7, 11) is 1.27. The molecule has 0 aliphatic rings. The third-order valence-corrected chi connectivity index (χ3v) is 4.19. The highest BCUT2D eigenvalue weighted by Crippen LogP contribution is 2.27. The quantitative estimate of drug-likeness (QED) is 0.837. The monoisotopic (exact) mass is 348 g/mol. The first-order valence-electron chi connectivity index (χ1n) is 7.55. The van der Waals surface area contributed by atoms with E-state index in [4.69, 9.17) is 0 Å². The number of hydrogen-bond donors (Lipinski definition) is 2. The number of ether oxygens (including phenoxy) is 1. The smallest absolute Gasteiger partial charge is 0.406 e. The lowest BCUT2D eigenvalue weighted by Crippen LogP contribution is -2.27. The summed E-state index contributed by atoms with van der Waals surface area (Å²) in [4.78, 5) is 22.7. The van der Waals surface area contributed by atoms with Crippen LogP contribution in [0.1, 0.15) is 31.7 Å². The standard InChI is InChI=1S/C16H20N4O3S/c1-10(2)11-4-6-12(7-5-11)14-19-20-15(24-14)18-13(21)8-9-17-16(22)23-3/h4-7,10H,8-9H2,1-3H3,(H,17,22)(H,18,20,21). The van der Waals surface area contributed by atoms with E-state index in [2.05, 4.69) is 51.5 Å². The molecule has 0 saturated heterocycles.